The Labute approximate surface area is 76.0 Å². The van der Waals surface area contributed by atoms with Crippen molar-refractivity contribution >= 4 is 11.3 Å². The summed E-state index contributed by atoms with van der Waals surface area (Å²) in [6, 6.07) is 5.64. The lowest BCUT2D eigenvalue weighted by Crippen LogP contribution is -1.99. The van der Waals surface area contributed by atoms with Crippen LogP contribution in [-0.2, 0) is 0 Å². The number of carbonyl (C=O) groups excluding carboxylic acids is 1. The molecule has 0 atom stereocenters. The topological polar surface area (TPSA) is 34.4 Å². The first-order valence-electron chi connectivity index (χ1n) is 4.28. The zero-order valence-corrected chi connectivity index (χ0v) is 7.40. The van der Waals surface area contributed by atoms with Crippen molar-refractivity contribution in [3.05, 3.63) is 36.2 Å². The summed E-state index contributed by atoms with van der Waals surface area (Å²) < 4.78 is 1.71. The SMILES string of the molecule is CCC(=O)c1ccc2ccnn2c1. The molecule has 0 fully saturated rings. The van der Waals surface area contributed by atoms with Crippen molar-refractivity contribution in [1.82, 2.24) is 9.61 Å². The van der Waals surface area contributed by atoms with Gasteiger partial charge in [-0.15, -0.1) is 0 Å². The summed E-state index contributed by atoms with van der Waals surface area (Å²) >= 11 is 0. The van der Waals surface area contributed by atoms with E-state index in [1.165, 1.54) is 0 Å². The Hall–Kier alpha value is -1.64. The number of pyridine rings is 1. The number of Topliss-reactive ketones (excluding diaryl/α,β-unsaturated/α-hetero) is 1. The number of rotatable bonds is 2. The van der Waals surface area contributed by atoms with Crippen molar-refractivity contribution < 1.29 is 4.79 Å². The Morgan fingerprint density at radius 1 is 1.46 bits per heavy atom. The maximum Gasteiger partial charge on any atom is 0.164 e. The molecule has 66 valence electrons. The summed E-state index contributed by atoms with van der Waals surface area (Å²) in [5.74, 6) is 0.150. The van der Waals surface area contributed by atoms with E-state index in [2.05, 4.69) is 5.10 Å². The Kier molecular flexibility index (Phi) is 1.85. The number of ketones is 1. The minimum absolute atomic E-state index is 0.150. The Morgan fingerprint density at radius 2 is 2.31 bits per heavy atom. The highest BCUT2D eigenvalue weighted by atomic mass is 16.1. The van der Waals surface area contributed by atoms with Crippen molar-refractivity contribution in [2.75, 3.05) is 0 Å². The van der Waals surface area contributed by atoms with E-state index in [-0.39, 0.29) is 5.78 Å². The van der Waals surface area contributed by atoms with Gasteiger partial charge < -0.3 is 0 Å². The number of hydrogen-bond donors (Lipinski definition) is 0. The molecule has 0 bridgehead atoms. The fourth-order valence-electron chi connectivity index (χ4n) is 1.28. The summed E-state index contributed by atoms with van der Waals surface area (Å²) in [5, 5.41) is 4.06. The monoisotopic (exact) mass is 174 g/mol. The largest absolute Gasteiger partial charge is 0.294 e. The predicted octanol–water partition coefficient (Wildman–Crippen LogP) is 1.93. The fourth-order valence-corrected chi connectivity index (χ4v) is 1.28. The van der Waals surface area contributed by atoms with Crippen LogP contribution in [0.4, 0.5) is 0 Å². The minimum atomic E-state index is 0.150. The van der Waals surface area contributed by atoms with Gasteiger partial charge in [0.05, 0.1) is 5.52 Å². The maximum atomic E-state index is 11.3. The number of fused-ring (bicyclic) bond motifs is 1. The molecule has 0 aliphatic heterocycles. The molecule has 2 heterocycles. The molecule has 0 aliphatic rings. The lowest BCUT2D eigenvalue weighted by molar-refractivity contribution is 0.0987. The van der Waals surface area contributed by atoms with E-state index in [0.717, 1.165) is 11.1 Å². The second kappa shape index (κ2) is 3.01. The van der Waals surface area contributed by atoms with Gasteiger partial charge >= 0.3 is 0 Å². The lowest BCUT2D eigenvalue weighted by Gasteiger charge is -1.98. The molecule has 0 saturated carbocycles. The molecule has 0 unspecified atom stereocenters. The van der Waals surface area contributed by atoms with E-state index in [9.17, 15) is 4.79 Å². The summed E-state index contributed by atoms with van der Waals surface area (Å²) in [4.78, 5) is 11.3. The van der Waals surface area contributed by atoms with Crippen LogP contribution < -0.4 is 0 Å². The van der Waals surface area contributed by atoms with Crippen LogP contribution >= 0.6 is 0 Å². The van der Waals surface area contributed by atoms with Gasteiger partial charge in [-0.3, -0.25) is 4.79 Å². The first-order valence-corrected chi connectivity index (χ1v) is 4.28. The van der Waals surface area contributed by atoms with Crippen LogP contribution in [0.25, 0.3) is 5.52 Å². The van der Waals surface area contributed by atoms with Gasteiger partial charge in [-0.1, -0.05) is 6.92 Å². The molecule has 3 nitrogen and oxygen atoms in total. The van der Waals surface area contributed by atoms with Crippen LogP contribution in [0.5, 0.6) is 0 Å². The minimum Gasteiger partial charge on any atom is -0.294 e. The number of carbonyl (C=O) groups is 1. The van der Waals surface area contributed by atoms with E-state index in [1.54, 1.807) is 16.9 Å². The van der Waals surface area contributed by atoms with E-state index in [1.807, 2.05) is 25.1 Å². The van der Waals surface area contributed by atoms with E-state index >= 15 is 0 Å². The summed E-state index contributed by atoms with van der Waals surface area (Å²) in [6.07, 6.45) is 4.02. The van der Waals surface area contributed by atoms with E-state index < -0.39 is 0 Å². The number of aromatic nitrogens is 2. The molecule has 0 spiro atoms. The van der Waals surface area contributed by atoms with E-state index in [4.69, 9.17) is 0 Å². The average molecular weight is 174 g/mol. The van der Waals surface area contributed by atoms with Gasteiger partial charge in [0.2, 0.25) is 0 Å². The van der Waals surface area contributed by atoms with Crippen LogP contribution in [0.3, 0.4) is 0 Å². The summed E-state index contributed by atoms with van der Waals surface area (Å²) in [6.45, 7) is 1.86. The van der Waals surface area contributed by atoms with Crippen molar-refractivity contribution in [3.63, 3.8) is 0 Å². The molecular formula is C10H10N2O. The van der Waals surface area contributed by atoms with Gasteiger partial charge in [-0.2, -0.15) is 5.10 Å². The fraction of sp³-hybridized carbons (Fsp3) is 0.200. The molecule has 13 heavy (non-hydrogen) atoms. The van der Waals surface area contributed by atoms with Crippen LogP contribution in [0.15, 0.2) is 30.6 Å². The first-order chi connectivity index (χ1) is 6.31. The number of hydrogen-bond acceptors (Lipinski definition) is 2. The summed E-state index contributed by atoms with van der Waals surface area (Å²) in [7, 11) is 0. The molecule has 2 aromatic heterocycles. The average Bonchev–Trinajstić information content (AvgIpc) is 2.63. The second-order valence-electron chi connectivity index (χ2n) is 2.90. The molecule has 0 saturated heterocycles. The Balaban J connectivity index is 2.54. The molecule has 0 radical (unpaired) electrons. The van der Waals surface area contributed by atoms with Gasteiger partial charge in [-0.25, -0.2) is 4.52 Å². The van der Waals surface area contributed by atoms with Crippen molar-refractivity contribution in [2.24, 2.45) is 0 Å². The third kappa shape index (κ3) is 1.33. The zero-order valence-electron chi connectivity index (χ0n) is 7.40. The standard InChI is InChI=1S/C10H10N2O/c1-2-10(13)8-3-4-9-5-6-11-12(9)7-8/h3-7H,2H2,1H3. The molecular weight excluding hydrogens is 164 g/mol. The van der Waals surface area contributed by atoms with Crippen LogP contribution in [-0.4, -0.2) is 15.4 Å². The van der Waals surface area contributed by atoms with Gasteiger partial charge in [0.1, 0.15) is 0 Å². The first kappa shape index (κ1) is 7.98. The van der Waals surface area contributed by atoms with Crippen LogP contribution in [0, 0.1) is 0 Å². The molecule has 0 aromatic carbocycles. The molecule has 0 amide bonds. The lowest BCUT2D eigenvalue weighted by atomic mass is 10.1. The molecule has 2 aromatic rings. The quantitative estimate of drug-likeness (QED) is 0.652. The van der Waals surface area contributed by atoms with Gasteiger partial charge in [-0.05, 0) is 18.2 Å². The third-order valence-corrected chi connectivity index (χ3v) is 2.04. The maximum absolute atomic E-state index is 11.3. The highest BCUT2D eigenvalue weighted by Crippen LogP contribution is 2.07. The normalized spacial score (nSPS) is 10.5. The summed E-state index contributed by atoms with van der Waals surface area (Å²) in [5.41, 5.74) is 1.73. The van der Waals surface area contributed by atoms with Gasteiger partial charge in [0, 0.05) is 24.4 Å². The Bertz CT molecular complexity index is 445. The van der Waals surface area contributed by atoms with Crippen molar-refractivity contribution in [1.29, 1.82) is 0 Å². The van der Waals surface area contributed by atoms with Crippen LogP contribution in [0.1, 0.15) is 23.7 Å². The van der Waals surface area contributed by atoms with Crippen molar-refractivity contribution in [3.8, 4) is 0 Å². The van der Waals surface area contributed by atoms with Gasteiger partial charge in [0.15, 0.2) is 5.78 Å². The highest BCUT2D eigenvalue weighted by molar-refractivity contribution is 5.95. The smallest absolute Gasteiger partial charge is 0.164 e. The predicted molar refractivity (Wildman–Crippen MR) is 49.8 cm³/mol. The molecule has 3 heteroatoms. The van der Waals surface area contributed by atoms with Gasteiger partial charge in [0.25, 0.3) is 0 Å². The van der Waals surface area contributed by atoms with E-state index in [0.29, 0.717) is 6.42 Å². The third-order valence-electron chi connectivity index (χ3n) is 2.04. The Morgan fingerprint density at radius 3 is 3.08 bits per heavy atom. The highest BCUT2D eigenvalue weighted by Gasteiger charge is 2.03. The second-order valence-corrected chi connectivity index (χ2v) is 2.90. The van der Waals surface area contributed by atoms with Crippen molar-refractivity contribution in [2.45, 2.75) is 13.3 Å². The zero-order chi connectivity index (χ0) is 9.26. The number of nitrogens with zero attached hydrogens (tertiary/aromatic N) is 2. The van der Waals surface area contributed by atoms with Crippen LogP contribution in [0.2, 0.25) is 0 Å². The molecule has 0 aliphatic carbocycles. The molecule has 2 rings (SSSR count). The molecule has 0 N–H and O–H groups in total.